The number of unbranched alkanes of at least 4 members (excludes halogenated alkanes) is 2. The van der Waals surface area contributed by atoms with E-state index in [0.29, 0.717) is 68.1 Å². The van der Waals surface area contributed by atoms with Crippen molar-refractivity contribution in [3.63, 3.8) is 0 Å². The van der Waals surface area contributed by atoms with Gasteiger partial charge < -0.3 is 24.1 Å². The average Bonchev–Trinajstić information content (AvgIpc) is 2.75. The molecule has 0 aliphatic carbocycles. The van der Waals surface area contributed by atoms with Crippen molar-refractivity contribution < 1.29 is 19.0 Å². The summed E-state index contributed by atoms with van der Waals surface area (Å²) in [6.45, 7) is 2.78. The highest BCUT2D eigenvalue weighted by molar-refractivity contribution is 5.81. The quantitative estimate of drug-likeness (QED) is 0.661. The van der Waals surface area contributed by atoms with Crippen molar-refractivity contribution in [3.8, 4) is 11.5 Å². The molecular weight excluding hydrogens is 378 g/mol. The highest BCUT2D eigenvalue weighted by Crippen LogP contribution is 2.29. The third kappa shape index (κ3) is 4.79. The summed E-state index contributed by atoms with van der Waals surface area (Å²) in [6.07, 6.45) is 2.59. The van der Waals surface area contributed by atoms with E-state index < -0.39 is 5.69 Å². The van der Waals surface area contributed by atoms with Crippen LogP contribution < -0.4 is 20.7 Å². The molecule has 1 aliphatic heterocycles. The van der Waals surface area contributed by atoms with Gasteiger partial charge in [0.1, 0.15) is 0 Å². The van der Waals surface area contributed by atoms with E-state index in [4.69, 9.17) is 14.2 Å². The summed E-state index contributed by atoms with van der Waals surface area (Å²) in [4.78, 5) is 41.8. The van der Waals surface area contributed by atoms with Gasteiger partial charge in [-0.15, -0.1) is 0 Å². The van der Waals surface area contributed by atoms with Gasteiger partial charge in [-0.05, 0) is 18.9 Å². The zero-order chi connectivity index (χ0) is 20.8. The molecule has 29 heavy (non-hydrogen) atoms. The molecule has 9 nitrogen and oxygen atoms in total. The number of morpholine rings is 1. The molecule has 9 heteroatoms. The maximum Gasteiger partial charge on any atom is 0.328 e. The number of aromatic amines is 1. The highest BCUT2D eigenvalue weighted by atomic mass is 16.5. The van der Waals surface area contributed by atoms with Gasteiger partial charge in [0.25, 0.3) is 5.56 Å². The predicted octanol–water partition coefficient (Wildman–Crippen LogP) is 1.13. The van der Waals surface area contributed by atoms with E-state index in [-0.39, 0.29) is 11.5 Å². The number of H-pyrrole nitrogens is 1. The molecule has 1 saturated heterocycles. The smallest absolute Gasteiger partial charge is 0.328 e. The zero-order valence-corrected chi connectivity index (χ0v) is 16.9. The largest absolute Gasteiger partial charge is 0.493 e. The Morgan fingerprint density at radius 2 is 1.76 bits per heavy atom. The van der Waals surface area contributed by atoms with Gasteiger partial charge in [-0.1, -0.05) is 6.42 Å². The van der Waals surface area contributed by atoms with E-state index in [1.54, 1.807) is 12.1 Å². The number of hydrogen-bond acceptors (Lipinski definition) is 6. The number of benzene rings is 1. The first kappa shape index (κ1) is 20.9. The first-order valence-electron chi connectivity index (χ1n) is 9.79. The van der Waals surface area contributed by atoms with Gasteiger partial charge in [0.15, 0.2) is 11.5 Å². The lowest BCUT2D eigenvalue weighted by molar-refractivity contribution is -0.135. The maximum absolute atomic E-state index is 12.8. The fourth-order valence-electron chi connectivity index (χ4n) is 3.48. The Balaban J connectivity index is 1.62. The van der Waals surface area contributed by atoms with E-state index in [1.807, 2.05) is 4.90 Å². The molecule has 1 aromatic heterocycles. The fraction of sp³-hybridized carbons (Fsp3) is 0.550. The number of methoxy groups -OCH3 is 2. The van der Waals surface area contributed by atoms with Gasteiger partial charge >= 0.3 is 5.69 Å². The summed E-state index contributed by atoms with van der Waals surface area (Å²) in [6, 6.07) is 3.16. The fourth-order valence-corrected chi connectivity index (χ4v) is 3.48. The molecule has 2 aromatic rings. The molecule has 0 atom stereocenters. The summed E-state index contributed by atoms with van der Waals surface area (Å²) in [7, 11) is 2.99. The molecule has 158 valence electrons. The van der Waals surface area contributed by atoms with Crippen LogP contribution in [0.2, 0.25) is 0 Å². The average molecular weight is 405 g/mol. The summed E-state index contributed by atoms with van der Waals surface area (Å²) in [5, 5.41) is 0.366. The minimum absolute atomic E-state index is 0.134. The van der Waals surface area contributed by atoms with Crippen LogP contribution in [0.1, 0.15) is 25.7 Å². The molecule has 1 amide bonds. The van der Waals surface area contributed by atoms with Crippen molar-refractivity contribution in [2.75, 3.05) is 40.5 Å². The van der Waals surface area contributed by atoms with Gasteiger partial charge in [0.2, 0.25) is 5.91 Å². The van der Waals surface area contributed by atoms with E-state index in [9.17, 15) is 14.4 Å². The number of aromatic nitrogens is 2. The molecular formula is C20H27N3O6. The van der Waals surface area contributed by atoms with Crippen molar-refractivity contribution in [1.29, 1.82) is 0 Å². The molecule has 2 heterocycles. The third-order valence-corrected chi connectivity index (χ3v) is 5.12. The molecule has 3 rings (SSSR count). The molecule has 0 bridgehead atoms. The van der Waals surface area contributed by atoms with Gasteiger partial charge in [-0.25, -0.2) is 4.79 Å². The Hall–Kier alpha value is -2.81. The summed E-state index contributed by atoms with van der Waals surface area (Å²) < 4.78 is 16.9. The van der Waals surface area contributed by atoms with Crippen LogP contribution in [0.3, 0.4) is 0 Å². The Bertz CT molecular complexity index is 975. The van der Waals surface area contributed by atoms with Crippen LogP contribution in [0, 0.1) is 0 Å². The highest BCUT2D eigenvalue weighted by Gasteiger charge is 2.16. The number of amides is 1. The van der Waals surface area contributed by atoms with Crippen LogP contribution in [0.4, 0.5) is 0 Å². The lowest BCUT2D eigenvalue weighted by Gasteiger charge is -2.26. The molecule has 1 N–H and O–H groups in total. The van der Waals surface area contributed by atoms with Gasteiger partial charge in [0, 0.05) is 32.1 Å². The maximum atomic E-state index is 12.8. The van der Waals surface area contributed by atoms with Crippen molar-refractivity contribution in [2.45, 2.75) is 32.2 Å². The van der Waals surface area contributed by atoms with Crippen LogP contribution in [-0.2, 0) is 16.1 Å². The van der Waals surface area contributed by atoms with Crippen LogP contribution in [0.25, 0.3) is 10.9 Å². The Kier molecular flexibility index (Phi) is 6.92. The number of fused-ring (bicyclic) bond motifs is 1. The standard InChI is InChI=1S/C20H27N3O6/c1-27-16-12-14-15(13-17(16)28-2)21-20(26)23(19(14)25)7-5-3-4-6-18(24)22-8-10-29-11-9-22/h12-13H,3-11H2,1-2H3,(H,21,26). The molecule has 1 aliphatic rings. The summed E-state index contributed by atoms with van der Waals surface area (Å²) in [5.41, 5.74) is -0.418. The molecule has 1 fully saturated rings. The van der Waals surface area contributed by atoms with Crippen molar-refractivity contribution in [1.82, 2.24) is 14.5 Å². The van der Waals surface area contributed by atoms with Gasteiger partial charge in [0.05, 0.1) is 38.3 Å². The van der Waals surface area contributed by atoms with Crippen LogP contribution >= 0.6 is 0 Å². The first-order chi connectivity index (χ1) is 14.0. The normalized spacial score (nSPS) is 14.2. The Labute approximate surface area is 168 Å². The van der Waals surface area contributed by atoms with E-state index in [1.165, 1.54) is 18.8 Å². The molecule has 0 spiro atoms. The number of nitrogens with zero attached hydrogens (tertiary/aromatic N) is 2. The molecule has 0 saturated carbocycles. The molecule has 0 unspecified atom stereocenters. The van der Waals surface area contributed by atoms with Crippen molar-refractivity contribution in [3.05, 3.63) is 33.0 Å². The minimum atomic E-state index is -0.459. The van der Waals surface area contributed by atoms with Crippen molar-refractivity contribution in [2.24, 2.45) is 0 Å². The number of carbonyl (C=O) groups is 1. The number of rotatable bonds is 8. The monoisotopic (exact) mass is 405 g/mol. The molecule has 0 radical (unpaired) electrons. The number of carbonyl (C=O) groups excluding carboxylic acids is 1. The second-order valence-corrected chi connectivity index (χ2v) is 6.94. The number of hydrogen-bond donors (Lipinski definition) is 1. The third-order valence-electron chi connectivity index (χ3n) is 5.12. The second-order valence-electron chi connectivity index (χ2n) is 6.94. The minimum Gasteiger partial charge on any atom is -0.493 e. The SMILES string of the molecule is COc1cc2[nH]c(=O)n(CCCCCC(=O)N3CCOCC3)c(=O)c2cc1OC. The van der Waals surface area contributed by atoms with Gasteiger partial charge in [-0.3, -0.25) is 14.2 Å². The van der Waals surface area contributed by atoms with E-state index in [0.717, 1.165) is 12.8 Å². The van der Waals surface area contributed by atoms with Crippen LogP contribution in [0.15, 0.2) is 21.7 Å². The van der Waals surface area contributed by atoms with Gasteiger partial charge in [-0.2, -0.15) is 0 Å². The van der Waals surface area contributed by atoms with E-state index >= 15 is 0 Å². The first-order valence-corrected chi connectivity index (χ1v) is 9.79. The topological polar surface area (TPSA) is 103 Å². The number of ether oxygens (including phenoxy) is 3. The summed E-state index contributed by atoms with van der Waals surface area (Å²) >= 11 is 0. The Morgan fingerprint density at radius 1 is 1.07 bits per heavy atom. The number of nitrogens with one attached hydrogen (secondary N) is 1. The van der Waals surface area contributed by atoms with Crippen molar-refractivity contribution >= 4 is 16.8 Å². The van der Waals surface area contributed by atoms with Crippen LogP contribution in [-0.4, -0.2) is 60.9 Å². The molecule has 1 aromatic carbocycles. The Morgan fingerprint density at radius 3 is 2.45 bits per heavy atom. The second kappa shape index (κ2) is 9.60. The lowest BCUT2D eigenvalue weighted by Crippen LogP contribution is -2.40. The predicted molar refractivity (Wildman–Crippen MR) is 108 cm³/mol. The van der Waals surface area contributed by atoms with E-state index in [2.05, 4.69) is 4.98 Å². The lowest BCUT2D eigenvalue weighted by atomic mass is 10.1. The van der Waals surface area contributed by atoms with Crippen LogP contribution in [0.5, 0.6) is 11.5 Å². The summed E-state index contributed by atoms with van der Waals surface area (Å²) in [5.74, 6) is 1.00. The zero-order valence-electron chi connectivity index (χ0n) is 16.9.